The summed E-state index contributed by atoms with van der Waals surface area (Å²) >= 11 is 0. The van der Waals surface area contributed by atoms with Gasteiger partial charge in [-0.2, -0.15) is 0 Å². The second-order valence-electron chi connectivity index (χ2n) is 4.32. The van der Waals surface area contributed by atoms with Gasteiger partial charge in [-0.3, -0.25) is 5.43 Å². The number of aromatic nitrogens is 2. The molecule has 0 radical (unpaired) electrons. The zero-order valence-electron chi connectivity index (χ0n) is 11.3. The Kier molecular flexibility index (Phi) is 3.86. The van der Waals surface area contributed by atoms with Crippen LogP contribution in [0, 0.1) is 0 Å². The Hall–Kier alpha value is -2.71. The molecule has 0 amide bonds. The average Bonchev–Trinajstić information content (AvgIpc) is 3.04. The molecule has 3 aromatic rings. The number of benzene rings is 2. The molecule has 7 nitrogen and oxygen atoms in total. The topological polar surface area (TPSA) is 97.1 Å². The summed E-state index contributed by atoms with van der Waals surface area (Å²) in [5, 5.41) is 7.58. The van der Waals surface area contributed by atoms with Crippen LogP contribution in [0.3, 0.4) is 0 Å². The summed E-state index contributed by atoms with van der Waals surface area (Å²) in [6.45, 7) is 0. The maximum atomic E-state index is 12.0. The summed E-state index contributed by atoms with van der Waals surface area (Å²) in [7, 11) is -3.70. The fraction of sp³-hybridized carbons (Fsp3) is 0. The first-order chi connectivity index (χ1) is 10.6. The van der Waals surface area contributed by atoms with Crippen molar-refractivity contribution in [3.63, 3.8) is 0 Å². The van der Waals surface area contributed by atoms with Crippen molar-refractivity contribution in [2.24, 2.45) is 0 Å². The highest BCUT2D eigenvalue weighted by Crippen LogP contribution is 2.18. The quantitative estimate of drug-likeness (QED) is 0.699. The van der Waals surface area contributed by atoms with Crippen LogP contribution in [0.2, 0.25) is 0 Å². The Balaban J connectivity index is 1.72. The molecule has 112 valence electrons. The van der Waals surface area contributed by atoms with Crippen molar-refractivity contribution in [1.29, 1.82) is 0 Å². The van der Waals surface area contributed by atoms with E-state index in [0.29, 0.717) is 5.89 Å². The van der Waals surface area contributed by atoms with Crippen molar-refractivity contribution < 1.29 is 12.8 Å². The molecular weight excluding hydrogens is 304 g/mol. The van der Waals surface area contributed by atoms with Crippen LogP contribution in [0.4, 0.5) is 6.01 Å². The van der Waals surface area contributed by atoms with Crippen LogP contribution >= 0.6 is 0 Å². The van der Waals surface area contributed by atoms with Crippen molar-refractivity contribution in [2.75, 3.05) is 5.43 Å². The van der Waals surface area contributed by atoms with Crippen molar-refractivity contribution in [3.8, 4) is 11.5 Å². The number of hydrogen-bond acceptors (Lipinski definition) is 6. The molecule has 0 atom stereocenters. The van der Waals surface area contributed by atoms with Gasteiger partial charge in [-0.25, -0.2) is 8.42 Å². The highest BCUT2D eigenvalue weighted by molar-refractivity contribution is 7.89. The number of rotatable bonds is 5. The van der Waals surface area contributed by atoms with Crippen LogP contribution in [0.1, 0.15) is 0 Å². The van der Waals surface area contributed by atoms with E-state index in [0.717, 1.165) is 5.56 Å². The standard InChI is InChI=1S/C14H12N4O3S/c19-22(20,12-9-5-2-6-10-12)18-17-14-16-15-13(21-14)11-7-3-1-4-8-11/h1-10,18H,(H,16,17). The molecule has 2 aromatic carbocycles. The Bertz CT molecular complexity index is 848. The van der Waals surface area contributed by atoms with Gasteiger partial charge in [0.2, 0.25) is 5.89 Å². The number of sulfonamides is 1. The molecule has 0 aliphatic rings. The first-order valence-corrected chi connectivity index (χ1v) is 7.85. The fourth-order valence-electron chi connectivity index (χ4n) is 1.74. The highest BCUT2D eigenvalue weighted by Gasteiger charge is 2.15. The molecule has 3 rings (SSSR count). The fourth-order valence-corrected chi connectivity index (χ4v) is 2.60. The van der Waals surface area contributed by atoms with Gasteiger partial charge in [-0.1, -0.05) is 41.5 Å². The number of hydrogen-bond donors (Lipinski definition) is 2. The number of hydrazine groups is 1. The molecule has 0 saturated carbocycles. The summed E-state index contributed by atoms with van der Waals surface area (Å²) in [5.74, 6) is 0.294. The van der Waals surface area contributed by atoms with E-state index in [1.54, 1.807) is 18.2 Å². The number of anilines is 1. The summed E-state index contributed by atoms with van der Waals surface area (Å²) in [5.41, 5.74) is 3.14. The lowest BCUT2D eigenvalue weighted by atomic mass is 10.2. The predicted molar refractivity (Wildman–Crippen MR) is 80.1 cm³/mol. The lowest BCUT2D eigenvalue weighted by Gasteiger charge is -2.05. The van der Waals surface area contributed by atoms with Gasteiger partial charge in [0.15, 0.2) is 0 Å². The molecule has 8 heteroatoms. The minimum absolute atomic E-state index is 0.0432. The van der Waals surface area contributed by atoms with Crippen LogP contribution in [0.5, 0.6) is 0 Å². The van der Waals surface area contributed by atoms with Gasteiger partial charge in [-0.15, -0.1) is 9.93 Å². The van der Waals surface area contributed by atoms with Crippen LogP contribution in [-0.4, -0.2) is 18.6 Å². The molecule has 1 heterocycles. The molecule has 1 aromatic heterocycles. The van der Waals surface area contributed by atoms with Crippen molar-refractivity contribution >= 4 is 16.0 Å². The first kappa shape index (κ1) is 14.2. The number of nitrogens with one attached hydrogen (secondary N) is 2. The van der Waals surface area contributed by atoms with Gasteiger partial charge < -0.3 is 4.42 Å². The zero-order chi connectivity index (χ0) is 15.4. The van der Waals surface area contributed by atoms with Gasteiger partial charge in [-0.05, 0) is 24.3 Å². The van der Waals surface area contributed by atoms with E-state index in [9.17, 15) is 8.42 Å². The van der Waals surface area contributed by atoms with Crippen molar-refractivity contribution in [2.45, 2.75) is 4.90 Å². The third-order valence-corrected chi connectivity index (χ3v) is 4.06. The molecule has 0 saturated heterocycles. The first-order valence-electron chi connectivity index (χ1n) is 6.37. The second-order valence-corrected chi connectivity index (χ2v) is 6.00. The summed E-state index contributed by atoms with van der Waals surface area (Å²) in [6, 6.07) is 17.1. The van der Waals surface area contributed by atoms with Gasteiger partial charge in [0, 0.05) is 5.56 Å². The normalized spacial score (nSPS) is 11.3. The van der Waals surface area contributed by atoms with Gasteiger partial charge in [0.25, 0.3) is 10.0 Å². The van der Waals surface area contributed by atoms with E-state index in [4.69, 9.17) is 4.42 Å². The Labute approximate surface area is 127 Å². The van der Waals surface area contributed by atoms with E-state index in [2.05, 4.69) is 20.5 Å². The largest absolute Gasteiger partial charge is 0.402 e. The molecule has 0 unspecified atom stereocenters. The molecule has 0 spiro atoms. The molecule has 0 aliphatic heterocycles. The number of nitrogens with zero attached hydrogens (tertiary/aromatic N) is 2. The van der Waals surface area contributed by atoms with Crippen LogP contribution < -0.4 is 10.3 Å². The monoisotopic (exact) mass is 316 g/mol. The van der Waals surface area contributed by atoms with Crippen LogP contribution in [-0.2, 0) is 10.0 Å². The molecule has 22 heavy (non-hydrogen) atoms. The van der Waals surface area contributed by atoms with E-state index < -0.39 is 10.0 Å². The third-order valence-electron chi connectivity index (χ3n) is 2.79. The minimum Gasteiger partial charge on any atom is -0.402 e. The summed E-state index contributed by atoms with van der Waals surface area (Å²) in [6.07, 6.45) is 0. The lowest BCUT2D eigenvalue weighted by Crippen LogP contribution is -2.29. The minimum atomic E-state index is -3.70. The van der Waals surface area contributed by atoms with E-state index >= 15 is 0 Å². The van der Waals surface area contributed by atoms with Crippen molar-refractivity contribution in [3.05, 3.63) is 60.7 Å². The average molecular weight is 316 g/mol. The SMILES string of the molecule is O=S(=O)(NNc1nnc(-c2ccccc2)o1)c1ccccc1. The van der Waals surface area contributed by atoms with Crippen molar-refractivity contribution in [1.82, 2.24) is 15.0 Å². The maximum Gasteiger partial charge on any atom is 0.331 e. The van der Waals surface area contributed by atoms with Crippen LogP contribution in [0.15, 0.2) is 70.0 Å². The van der Waals surface area contributed by atoms with Gasteiger partial charge >= 0.3 is 6.01 Å². The Morgan fingerprint density at radius 1 is 0.864 bits per heavy atom. The molecule has 0 bridgehead atoms. The molecule has 2 N–H and O–H groups in total. The maximum absolute atomic E-state index is 12.0. The Morgan fingerprint density at radius 3 is 2.18 bits per heavy atom. The smallest absolute Gasteiger partial charge is 0.331 e. The van der Waals surface area contributed by atoms with E-state index in [-0.39, 0.29) is 10.9 Å². The van der Waals surface area contributed by atoms with E-state index in [1.165, 1.54) is 12.1 Å². The Morgan fingerprint density at radius 2 is 1.50 bits per heavy atom. The molecule has 0 aliphatic carbocycles. The predicted octanol–water partition coefficient (Wildman–Crippen LogP) is 2.04. The van der Waals surface area contributed by atoms with Gasteiger partial charge in [0.05, 0.1) is 4.90 Å². The van der Waals surface area contributed by atoms with E-state index in [1.807, 2.05) is 30.3 Å². The third kappa shape index (κ3) is 3.13. The van der Waals surface area contributed by atoms with Gasteiger partial charge in [0.1, 0.15) is 0 Å². The molecule has 0 fully saturated rings. The summed E-state index contributed by atoms with van der Waals surface area (Å²) in [4.78, 5) is 2.31. The second kappa shape index (κ2) is 5.96. The highest BCUT2D eigenvalue weighted by atomic mass is 32.2. The lowest BCUT2D eigenvalue weighted by molar-refractivity contribution is 0.566. The van der Waals surface area contributed by atoms with Crippen LogP contribution in [0.25, 0.3) is 11.5 Å². The zero-order valence-corrected chi connectivity index (χ0v) is 12.1. The summed E-state index contributed by atoms with van der Waals surface area (Å²) < 4.78 is 29.4. The molecular formula is C14H12N4O3S.